The topological polar surface area (TPSA) is 66.4 Å². The highest BCUT2D eigenvalue weighted by atomic mass is 16.5. The van der Waals surface area contributed by atoms with Gasteiger partial charge in [0, 0.05) is 5.57 Å². The maximum absolute atomic E-state index is 10.9. The van der Waals surface area contributed by atoms with Gasteiger partial charge in [0.1, 0.15) is 13.2 Å². The van der Waals surface area contributed by atoms with Crippen LogP contribution in [0.4, 0.5) is 4.79 Å². The minimum Gasteiger partial charge on any atom is -0.498 e. The monoisotopic (exact) mass is 201 g/mol. The highest BCUT2D eigenvalue weighted by Crippen LogP contribution is 1.97. The van der Waals surface area contributed by atoms with Crippen LogP contribution >= 0.6 is 0 Å². The lowest BCUT2D eigenvalue weighted by atomic mass is 10.4. The molecule has 0 fully saturated rings. The molecule has 5 nitrogen and oxygen atoms in total. The molecule has 0 radical (unpaired) electrons. The van der Waals surface area contributed by atoms with Gasteiger partial charge in [-0.1, -0.05) is 6.58 Å². The first kappa shape index (κ1) is 12.6. The molecule has 0 saturated heterocycles. The van der Waals surface area contributed by atoms with Crippen LogP contribution in [-0.4, -0.2) is 43.8 Å². The fraction of sp³-hybridized carbons (Fsp3) is 0.556. The molecule has 0 aliphatic rings. The summed E-state index contributed by atoms with van der Waals surface area (Å²) in [7, 11) is 2.92. The molecule has 1 amide bonds. The molecule has 0 N–H and O–H groups in total. The Morgan fingerprint density at radius 2 is 1.93 bits per heavy atom. The van der Waals surface area contributed by atoms with Crippen LogP contribution in [0.5, 0.6) is 0 Å². The molecule has 0 heterocycles. The van der Waals surface area contributed by atoms with Gasteiger partial charge in [0.15, 0.2) is 0 Å². The van der Waals surface area contributed by atoms with E-state index in [1.165, 1.54) is 21.0 Å². The largest absolute Gasteiger partial charge is 0.498 e. The zero-order valence-corrected chi connectivity index (χ0v) is 8.70. The number of ether oxygens (including phenoxy) is 1. The SMILES string of the molecule is C=C(C)C(=O)OCC[N+](C)(C)C(=O)[O-]. The molecule has 0 unspecified atom stereocenters. The summed E-state index contributed by atoms with van der Waals surface area (Å²) in [5.74, 6) is -0.511. The van der Waals surface area contributed by atoms with Crippen molar-refractivity contribution in [2.24, 2.45) is 0 Å². The number of esters is 1. The van der Waals surface area contributed by atoms with Crippen molar-refractivity contribution in [1.82, 2.24) is 0 Å². The number of carbonyl (C=O) groups excluding carboxylic acids is 2. The second-order valence-electron chi connectivity index (χ2n) is 3.59. The predicted octanol–water partition coefficient (Wildman–Crippen LogP) is -0.475. The van der Waals surface area contributed by atoms with Gasteiger partial charge >= 0.3 is 5.97 Å². The fourth-order valence-corrected chi connectivity index (χ4v) is 0.581. The molecule has 80 valence electrons. The van der Waals surface area contributed by atoms with E-state index in [4.69, 9.17) is 4.74 Å². The van der Waals surface area contributed by atoms with Crippen molar-refractivity contribution >= 4 is 12.1 Å². The average molecular weight is 201 g/mol. The van der Waals surface area contributed by atoms with E-state index in [2.05, 4.69) is 6.58 Å². The molecule has 0 rings (SSSR count). The Bertz CT molecular complexity index is 258. The quantitative estimate of drug-likeness (QED) is 0.350. The van der Waals surface area contributed by atoms with Crippen LogP contribution in [-0.2, 0) is 9.53 Å². The van der Waals surface area contributed by atoms with Crippen LogP contribution in [0.25, 0.3) is 0 Å². The van der Waals surface area contributed by atoms with Gasteiger partial charge in [0.25, 0.3) is 6.09 Å². The molecule has 0 spiro atoms. The van der Waals surface area contributed by atoms with Crippen molar-refractivity contribution < 1.29 is 23.9 Å². The van der Waals surface area contributed by atoms with Gasteiger partial charge in [-0.2, -0.15) is 0 Å². The number of hydrogen-bond acceptors (Lipinski definition) is 4. The van der Waals surface area contributed by atoms with Crippen molar-refractivity contribution in [2.45, 2.75) is 6.92 Å². The molecule has 0 aliphatic heterocycles. The van der Waals surface area contributed by atoms with Gasteiger partial charge in [-0.25, -0.2) is 4.79 Å². The third-order valence-corrected chi connectivity index (χ3v) is 1.73. The Balaban J connectivity index is 3.91. The summed E-state index contributed by atoms with van der Waals surface area (Å²) in [4.78, 5) is 21.4. The van der Waals surface area contributed by atoms with Crippen molar-refractivity contribution in [3.05, 3.63) is 12.2 Å². The third kappa shape index (κ3) is 4.04. The molecule has 0 atom stereocenters. The third-order valence-electron chi connectivity index (χ3n) is 1.73. The van der Waals surface area contributed by atoms with Crippen molar-refractivity contribution in [3.8, 4) is 0 Å². The summed E-state index contributed by atoms with van der Waals surface area (Å²) in [5.41, 5.74) is 0.295. The second kappa shape index (κ2) is 4.76. The van der Waals surface area contributed by atoms with E-state index >= 15 is 0 Å². The molecule has 0 aromatic carbocycles. The first-order chi connectivity index (χ1) is 6.27. The summed E-state index contributed by atoms with van der Waals surface area (Å²) in [6, 6.07) is 0. The van der Waals surface area contributed by atoms with E-state index in [0.29, 0.717) is 5.57 Å². The van der Waals surface area contributed by atoms with E-state index in [0.717, 1.165) is 0 Å². The number of quaternary nitrogens is 1. The van der Waals surface area contributed by atoms with Crippen LogP contribution in [0.2, 0.25) is 0 Å². The summed E-state index contributed by atoms with van der Waals surface area (Å²) >= 11 is 0. The normalized spacial score (nSPS) is 10.8. The molecular weight excluding hydrogens is 186 g/mol. The molecule has 0 aliphatic carbocycles. The minimum absolute atomic E-state index is 0.0344. The maximum atomic E-state index is 10.9. The van der Waals surface area contributed by atoms with Crippen LogP contribution in [0.15, 0.2) is 12.2 Å². The van der Waals surface area contributed by atoms with E-state index in [1.54, 1.807) is 0 Å². The van der Waals surface area contributed by atoms with Gasteiger partial charge in [-0.3, -0.25) is 4.48 Å². The smallest absolute Gasteiger partial charge is 0.333 e. The number of nitrogens with zero attached hydrogens (tertiary/aromatic N) is 1. The molecular formula is C9H15NO4. The molecule has 0 saturated carbocycles. The van der Waals surface area contributed by atoms with Crippen LogP contribution < -0.4 is 5.11 Å². The summed E-state index contributed by atoms with van der Waals surface area (Å²) in [6.07, 6.45) is -1.21. The minimum atomic E-state index is -1.21. The standard InChI is InChI=1S/C9H15NO4/c1-7(2)8(11)14-6-5-10(3,4)9(12)13/h1,5-6H2,2-4H3. The molecule has 14 heavy (non-hydrogen) atoms. The zero-order chi connectivity index (χ0) is 11.4. The molecule has 0 bridgehead atoms. The lowest BCUT2D eigenvalue weighted by Crippen LogP contribution is -2.54. The van der Waals surface area contributed by atoms with Crippen LogP contribution in [0, 0.1) is 0 Å². The van der Waals surface area contributed by atoms with Gasteiger partial charge < -0.3 is 14.6 Å². The van der Waals surface area contributed by atoms with Gasteiger partial charge in [-0.15, -0.1) is 0 Å². The first-order valence-electron chi connectivity index (χ1n) is 4.14. The van der Waals surface area contributed by atoms with Crippen molar-refractivity contribution in [1.29, 1.82) is 0 Å². The first-order valence-corrected chi connectivity index (χ1v) is 4.14. The highest BCUT2D eigenvalue weighted by Gasteiger charge is 2.18. The van der Waals surface area contributed by atoms with Gasteiger partial charge in [0.2, 0.25) is 0 Å². The number of hydrogen-bond donors (Lipinski definition) is 0. The van der Waals surface area contributed by atoms with E-state index < -0.39 is 12.1 Å². The highest BCUT2D eigenvalue weighted by molar-refractivity contribution is 5.86. The summed E-state index contributed by atoms with van der Waals surface area (Å²) in [6.45, 7) is 5.13. The van der Waals surface area contributed by atoms with Gasteiger partial charge in [0.05, 0.1) is 14.1 Å². The van der Waals surface area contributed by atoms with Gasteiger partial charge in [-0.05, 0) is 6.92 Å². The molecule has 0 aromatic heterocycles. The lowest BCUT2D eigenvalue weighted by Gasteiger charge is -2.28. The Hall–Kier alpha value is -1.36. The van der Waals surface area contributed by atoms with Crippen LogP contribution in [0.3, 0.4) is 0 Å². The van der Waals surface area contributed by atoms with E-state index in [9.17, 15) is 14.7 Å². The number of amides is 1. The maximum Gasteiger partial charge on any atom is 0.333 e. The Morgan fingerprint density at radius 1 is 1.43 bits per heavy atom. The Kier molecular flexibility index (Phi) is 4.30. The summed E-state index contributed by atoms with van der Waals surface area (Å²) < 4.78 is 4.40. The number of likely N-dealkylation sites (N-methyl/N-ethyl adjacent to an activating group) is 1. The fourth-order valence-electron chi connectivity index (χ4n) is 0.581. The van der Waals surface area contributed by atoms with Crippen LogP contribution in [0.1, 0.15) is 6.92 Å². The zero-order valence-electron chi connectivity index (χ0n) is 8.70. The predicted molar refractivity (Wildman–Crippen MR) is 48.1 cm³/mol. The second-order valence-corrected chi connectivity index (χ2v) is 3.59. The Morgan fingerprint density at radius 3 is 2.29 bits per heavy atom. The summed E-state index contributed by atoms with van der Waals surface area (Å²) in [5, 5.41) is 10.5. The average Bonchev–Trinajstić information content (AvgIpc) is 2.03. The molecule has 5 heteroatoms. The van der Waals surface area contributed by atoms with Crippen molar-refractivity contribution in [2.75, 3.05) is 27.2 Å². The van der Waals surface area contributed by atoms with E-state index in [1.807, 2.05) is 0 Å². The van der Waals surface area contributed by atoms with Crippen molar-refractivity contribution in [3.63, 3.8) is 0 Å². The number of carbonyl (C=O) groups is 2. The lowest BCUT2D eigenvalue weighted by molar-refractivity contribution is -0.838. The Labute approximate surface area is 83.2 Å². The number of rotatable bonds is 4. The van der Waals surface area contributed by atoms with E-state index in [-0.39, 0.29) is 17.6 Å². The number of carboxylic acid groups (broad SMARTS) is 1. The molecule has 0 aromatic rings.